The van der Waals surface area contributed by atoms with Gasteiger partial charge < -0.3 is 5.32 Å². The number of nitrogens with zero attached hydrogens (tertiary/aromatic N) is 1. The first-order valence-electron chi connectivity index (χ1n) is 7.28. The SMILES string of the molecule is O=S(=O)(OCCc1ccccc1)c1ccc2c(n1)CCNC2. The van der Waals surface area contributed by atoms with Gasteiger partial charge in [0.2, 0.25) is 0 Å². The Balaban J connectivity index is 1.67. The highest BCUT2D eigenvalue weighted by atomic mass is 32.2. The van der Waals surface area contributed by atoms with E-state index in [0.717, 1.165) is 36.3 Å². The molecule has 0 fully saturated rings. The molecule has 6 heteroatoms. The minimum absolute atomic E-state index is 0.00112. The Morgan fingerprint density at radius 2 is 1.95 bits per heavy atom. The highest BCUT2D eigenvalue weighted by Gasteiger charge is 2.20. The van der Waals surface area contributed by atoms with Gasteiger partial charge in [-0.15, -0.1) is 0 Å². The minimum Gasteiger partial charge on any atom is -0.312 e. The third kappa shape index (κ3) is 3.52. The van der Waals surface area contributed by atoms with Gasteiger partial charge in [-0.25, -0.2) is 4.98 Å². The van der Waals surface area contributed by atoms with Crippen molar-refractivity contribution in [3.05, 3.63) is 59.3 Å². The van der Waals surface area contributed by atoms with Gasteiger partial charge in [-0.05, 0) is 23.6 Å². The molecule has 1 N–H and O–H groups in total. The number of benzene rings is 1. The molecule has 0 radical (unpaired) electrons. The largest absolute Gasteiger partial charge is 0.314 e. The normalized spacial score (nSPS) is 14.5. The summed E-state index contributed by atoms with van der Waals surface area (Å²) >= 11 is 0. The second-order valence-electron chi connectivity index (χ2n) is 5.19. The van der Waals surface area contributed by atoms with Crippen LogP contribution in [0.3, 0.4) is 0 Å². The van der Waals surface area contributed by atoms with Crippen molar-refractivity contribution in [3.8, 4) is 0 Å². The first kappa shape index (κ1) is 15.1. The number of rotatable bonds is 5. The van der Waals surface area contributed by atoms with Crippen molar-refractivity contribution >= 4 is 10.1 Å². The van der Waals surface area contributed by atoms with E-state index in [1.165, 1.54) is 6.07 Å². The summed E-state index contributed by atoms with van der Waals surface area (Å²) in [5, 5.41) is 3.23. The van der Waals surface area contributed by atoms with E-state index in [1.54, 1.807) is 0 Å². The summed E-state index contributed by atoms with van der Waals surface area (Å²) in [5.41, 5.74) is 2.93. The fourth-order valence-corrected chi connectivity index (χ4v) is 3.31. The van der Waals surface area contributed by atoms with E-state index < -0.39 is 10.1 Å². The lowest BCUT2D eigenvalue weighted by Gasteiger charge is -2.16. The topological polar surface area (TPSA) is 68.3 Å². The summed E-state index contributed by atoms with van der Waals surface area (Å²) in [6, 6.07) is 13.0. The Labute approximate surface area is 130 Å². The van der Waals surface area contributed by atoms with Crippen LogP contribution in [-0.4, -0.2) is 26.6 Å². The van der Waals surface area contributed by atoms with Crippen molar-refractivity contribution in [1.29, 1.82) is 0 Å². The van der Waals surface area contributed by atoms with Crippen LogP contribution < -0.4 is 5.32 Å². The maximum atomic E-state index is 12.2. The third-order valence-corrected chi connectivity index (χ3v) is 4.84. The Morgan fingerprint density at radius 3 is 2.77 bits per heavy atom. The van der Waals surface area contributed by atoms with Gasteiger partial charge in [0.25, 0.3) is 0 Å². The van der Waals surface area contributed by atoms with Crippen LogP contribution in [0.15, 0.2) is 47.5 Å². The number of hydrogen-bond donors (Lipinski definition) is 1. The Kier molecular flexibility index (Phi) is 4.52. The highest BCUT2D eigenvalue weighted by Crippen LogP contribution is 2.17. The second kappa shape index (κ2) is 6.56. The van der Waals surface area contributed by atoms with Crippen LogP contribution in [0.4, 0.5) is 0 Å². The van der Waals surface area contributed by atoms with Crippen LogP contribution in [0.2, 0.25) is 0 Å². The van der Waals surface area contributed by atoms with E-state index in [4.69, 9.17) is 4.18 Å². The van der Waals surface area contributed by atoms with Gasteiger partial charge in [0.05, 0.1) is 6.61 Å². The van der Waals surface area contributed by atoms with Gasteiger partial charge in [0, 0.05) is 25.2 Å². The van der Waals surface area contributed by atoms with Crippen molar-refractivity contribution in [2.24, 2.45) is 0 Å². The minimum atomic E-state index is -3.80. The van der Waals surface area contributed by atoms with Crippen molar-refractivity contribution in [1.82, 2.24) is 10.3 Å². The van der Waals surface area contributed by atoms with Gasteiger partial charge >= 0.3 is 10.1 Å². The highest BCUT2D eigenvalue weighted by molar-refractivity contribution is 7.86. The molecule has 1 aliphatic rings. The van der Waals surface area contributed by atoms with Crippen molar-refractivity contribution < 1.29 is 12.6 Å². The molecule has 0 atom stereocenters. The molecule has 0 bridgehead atoms. The van der Waals surface area contributed by atoms with Crippen LogP contribution in [0, 0.1) is 0 Å². The van der Waals surface area contributed by atoms with Crippen LogP contribution >= 0.6 is 0 Å². The fraction of sp³-hybridized carbons (Fsp3) is 0.312. The Hall–Kier alpha value is -1.76. The average Bonchev–Trinajstić information content (AvgIpc) is 2.55. The zero-order valence-electron chi connectivity index (χ0n) is 12.2. The molecule has 3 rings (SSSR count). The number of hydrogen-bond acceptors (Lipinski definition) is 5. The van der Waals surface area contributed by atoms with E-state index >= 15 is 0 Å². The standard InChI is InChI=1S/C16H18N2O3S/c19-22(20,21-11-9-13-4-2-1-3-5-13)16-7-6-14-12-17-10-8-15(14)18-16/h1-7,17H,8-12H2. The van der Waals surface area contributed by atoms with Gasteiger partial charge in [0.1, 0.15) is 0 Å². The molecule has 0 saturated heterocycles. The molecule has 0 unspecified atom stereocenters. The van der Waals surface area contributed by atoms with Gasteiger partial charge in [-0.1, -0.05) is 36.4 Å². The summed E-state index contributed by atoms with van der Waals surface area (Å²) in [6.07, 6.45) is 1.29. The van der Waals surface area contributed by atoms with E-state index in [0.29, 0.717) is 6.42 Å². The molecule has 116 valence electrons. The van der Waals surface area contributed by atoms with Crippen LogP contribution in [-0.2, 0) is 33.7 Å². The summed E-state index contributed by atoms with van der Waals surface area (Å²) in [7, 11) is -3.80. The fourth-order valence-electron chi connectivity index (χ4n) is 2.43. The second-order valence-corrected chi connectivity index (χ2v) is 6.76. The molecule has 2 aromatic rings. The number of pyridine rings is 1. The maximum Gasteiger partial charge on any atom is 0.314 e. The molecule has 5 nitrogen and oxygen atoms in total. The van der Waals surface area contributed by atoms with Gasteiger partial charge in [-0.2, -0.15) is 8.42 Å². The smallest absolute Gasteiger partial charge is 0.312 e. The number of aromatic nitrogens is 1. The average molecular weight is 318 g/mol. The van der Waals surface area contributed by atoms with E-state index in [-0.39, 0.29) is 11.6 Å². The first-order valence-corrected chi connectivity index (χ1v) is 8.69. The van der Waals surface area contributed by atoms with Crippen molar-refractivity contribution in [2.45, 2.75) is 24.4 Å². The van der Waals surface area contributed by atoms with E-state index in [9.17, 15) is 8.42 Å². The van der Waals surface area contributed by atoms with Gasteiger partial charge in [-0.3, -0.25) is 4.18 Å². The molecule has 1 aromatic heterocycles. The molecular weight excluding hydrogens is 300 g/mol. The predicted octanol–water partition coefficient (Wildman–Crippen LogP) is 1.68. The zero-order chi connectivity index (χ0) is 15.4. The summed E-state index contributed by atoms with van der Waals surface area (Å²) in [5.74, 6) is 0. The molecule has 1 aromatic carbocycles. The summed E-state index contributed by atoms with van der Waals surface area (Å²) in [6.45, 7) is 1.67. The third-order valence-electron chi connectivity index (χ3n) is 3.63. The van der Waals surface area contributed by atoms with Crippen molar-refractivity contribution in [3.63, 3.8) is 0 Å². The molecule has 22 heavy (non-hydrogen) atoms. The first-order chi connectivity index (χ1) is 10.6. The Bertz CT molecular complexity index is 745. The maximum absolute atomic E-state index is 12.2. The zero-order valence-corrected chi connectivity index (χ0v) is 13.0. The van der Waals surface area contributed by atoms with Crippen LogP contribution in [0.1, 0.15) is 16.8 Å². The van der Waals surface area contributed by atoms with Crippen LogP contribution in [0.5, 0.6) is 0 Å². The number of nitrogens with one attached hydrogen (secondary N) is 1. The lowest BCUT2D eigenvalue weighted by Crippen LogP contribution is -2.25. The quantitative estimate of drug-likeness (QED) is 0.850. The summed E-state index contributed by atoms with van der Waals surface area (Å²) in [4.78, 5) is 4.26. The predicted molar refractivity (Wildman–Crippen MR) is 82.9 cm³/mol. The van der Waals surface area contributed by atoms with Gasteiger partial charge in [0.15, 0.2) is 5.03 Å². The monoisotopic (exact) mass is 318 g/mol. The van der Waals surface area contributed by atoms with Crippen LogP contribution in [0.25, 0.3) is 0 Å². The van der Waals surface area contributed by atoms with E-state index in [1.807, 2.05) is 36.4 Å². The Morgan fingerprint density at radius 1 is 1.14 bits per heavy atom. The summed E-state index contributed by atoms with van der Waals surface area (Å²) < 4.78 is 29.5. The molecule has 2 heterocycles. The van der Waals surface area contributed by atoms with Crippen molar-refractivity contribution in [2.75, 3.05) is 13.2 Å². The lowest BCUT2D eigenvalue weighted by molar-refractivity contribution is 0.320. The lowest BCUT2D eigenvalue weighted by atomic mass is 10.1. The molecule has 0 spiro atoms. The molecule has 0 aliphatic carbocycles. The molecular formula is C16H18N2O3S. The molecule has 0 saturated carbocycles. The van der Waals surface area contributed by atoms with E-state index in [2.05, 4.69) is 10.3 Å². The molecule has 0 amide bonds. The molecule has 1 aliphatic heterocycles. The number of fused-ring (bicyclic) bond motifs is 1.